The van der Waals surface area contributed by atoms with Gasteiger partial charge in [-0.3, -0.25) is 4.79 Å². The first-order valence-corrected chi connectivity index (χ1v) is 7.25. The maximum atomic E-state index is 11.8. The first-order valence-electron chi connectivity index (χ1n) is 7.25. The van der Waals surface area contributed by atoms with E-state index in [-0.39, 0.29) is 18.9 Å². The fourth-order valence-corrected chi connectivity index (χ4v) is 2.30. The van der Waals surface area contributed by atoms with E-state index in [1.807, 2.05) is 44.2 Å². The van der Waals surface area contributed by atoms with Crippen molar-refractivity contribution >= 4 is 12.1 Å². The first kappa shape index (κ1) is 17.0. The lowest BCUT2D eigenvalue weighted by atomic mass is 9.92. The zero-order chi connectivity index (χ0) is 15.7. The van der Waals surface area contributed by atoms with Gasteiger partial charge in [0.2, 0.25) is 0 Å². The van der Waals surface area contributed by atoms with Crippen molar-refractivity contribution in [1.29, 1.82) is 0 Å². The van der Waals surface area contributed by atoms with E-state index in [1.54, 1.807) is 0 Å². The Kier molecular flexibility index (Phi) is 7.29. The fourth-order valence-electron chi connectivity index (χ4n) is 2.30. The number of carboxylic acids is 1. The van der Waals surface area contributed by atoms with Crippen molar-refractivity contribution < 1.29 is 19.4 Å². The van der Waals surface area contributed by atoms with Gasteiger partial charge >= 0.3 is 12.1 Å². The number of carbonyl (C=O) groups excluding carboxylic acids is 1. The smallest absolute Gasteiger partial charge is 0.407 e. The minimum absolute atomic E-state index is 0.0905. The Morgan fingerprint density at radius 1 is 1.19 bits per heavy atom. The molecular formula is C16H23NO4. The van der Waals surface area contributed by atoms with Crippen LogP contribution < -0.4 is 5.32 Å². The van der Waals surface area contributed by atoms with Crippen molar-refractivity contribution in [1.82, 2.24) is 5.32 Å². The molecule has 0 saturated carbocycles. The second kappa shape index (κ2) is 9.00. The Morgan fingerprint density at radius 2 is 1.81 bits per heavy atom. The van der Waals surface area contributed by atoms with Crippen LogP contribution in [0.1, 0.15) is 38.7 Å². The van der Waals surface area contributed by atoms with Gasteiger partial charge in [0, 0.05) is 6.04 Å². The molecule has 0 bridgehead atoms. The lowest BCUT2D eigenvalue weighted by molar-refractivity contribution is -0.137. The molecule has 0 fully saturated rings. The van der Waals surface area contributed by atoms with Crippen LogP contribution in [0.15, 0.2) is 30.3 Å². The van der Waals surface area contributed by atoms with Crippen LogP contribution in [0.2, 0.25) is 0 Å². The normalized spacial score (nSPS) is 12.0. The summed E-state index contributed by atoms with van der Waals surface area (Å²) in [5, 5.41) is 11.6. The van der Waals surface area contributed by atoms with E-state index in [9.17, 15) is 9.59 Å². The molecule has 1 aromatic rings. The van der Waals surface area contributed by atoms with Crippen LogP contribution in [0.25, 0.3) is 0 Å². The SMILES string of the molecule is CCC(CC)C(CC(=O)O)NC(=O)OCc1ccccc1. The van der Waals surface area contributed by atoms with Gasteiger partial charge in [-0.25, -0.2) is 4.79 Å². The highest BCUT2D eigenvalue weighted by Gasteiger charge is 2.23. The Balaban J connectivity index is 2.53. The van der Waals surface area contributed by atoms with Crippen molar-refractivity contribution in [2.75, 3.05) is 0 Å². The summed E-state index contributed by atoms with van der Waals surface area (Å²) >= 11 is 0. The van der Waals surface area contributed by atoms with Gasteiger partial charge in [-0.15, -0.1) is 0 Å². The molecule has 0 heterocycles. The highest BCUT2D eigenvalue weighted by atomic mass is 16.5. The van der Waals surface area contributed by atoms with Gasteiger partial charge in [0.1, 0.15) is 6.61 Å². The summed E-state index contributed by atoms with van der Waals surface area (Å²) in [5.74, 6) is -0.791. The molecule has 2 N–H and O–H groups in total. The molecule has 0 aliphatic rings. The van der Waals surface area contributed by atoms with Gasteiger partial charge in [-0.1, -0.05) is 57.0 Å². The van der Waals surface area contributed by atoms with E-state index >= 15 is 0 Å². The van der Waals surface area contributed by atoms with E-state index in [0.717, 1.165) is 18.4 Å². The maximum Gasteiger partial charge on any atom is 0.407 e. The highest BCUT2D eigenvalue weighted by Crippen LogP contribution is 2.16. The van der Waals surface area contributed by atoms with E-state index in [0.29, 0.717) is 0 Å². The Hall–Kier alpha value is -2.04. The number of ether oxygens (including phenoxy) is 1. The number of carboxylic acid groups (broad SMARTS) is 1. The number of carbonyl (C=O) groups is 2. The Labute approximate surface area is 125 Å². The van der Waals surface area contributed by atoms with E-state index in [4.69, 9.17) is 9.84 Å². The molecule has 1 aromatic carbocycles. The number of rotatable bonds is 8. The van der Waals surface area contributed by atoms with Crippen LogP contribution >= 0.6 is 0 Å². The molecule has 21 heavy (non-hydrogen) atoms. The van der Waals surface area contributed by atoms with Crippen molar-refractivity contribution in [3.63, 3.8) is 0 Å². The quantitative estimate of drug-likeness (QED) is 0.771. The van der Waals surface area contributed by atoms with Crippen molar-refractivity contribution in [2.45, 2.75) is 45.8 Å². The predicted molar refractivity (Wildman–Crippen MR) is 79.9 cm³/mol. The third-order valence-corrected chi connectivity index (χ3v) is 3.53. The molecule has 0 aromatic heterocycles. The summed E-state index contributed by atoms with van der Waals surface area (Å²) < 4.78 is 5.14. The standard InChI is InChI=1S/C16H23NO4/c1-3-13(4-2)14(10-15(18)19)17-16(20)21-11-12-8-6-5-7-9-12/h5-9,13-14H,3-4,10-11H2,1-2H3,(H,17,20)(H,18,19). The molecule has 116 valence electrons. The van der Waals surface area contributed by atoms with Gasteiger partial charge in [0.15, 0.2) is 0 Å². The predicted octanol–water partition coefficient (Wildman–Crippen LogP) is 3.19. The zero-order valence-corrected chi connectivity index (χ0v) is 12.5. The molecule has 0 radical (unpaired) electrons. The van der Waals surface area contributed by atoms with Crippen LogP contribution in [0.5, 0.6) is 0 Å². The summed E-state index contributed by atoms with van der Waals surface area (Å²) in [4.78, 5) is 22.7. The van der Waals surface area contributed by atoms with Crippen molar-refractivity contribution in [3.05, 3.63) is 35.9 Å². The molecule has 0 aliphatic carbocycles. The maximum absolute atomic E-state index is 11.8. The third-order valence-electron chi connectivity index (χ3n) is 3.53. The Bertz CT molecular complexity index is 443. The third kappa shape index (κ3) is 6.29. The van der Waals surface area contributed by atoms with E-state index < -0.39 is 18.1 Å². The van der Waals surface area contributed by atoms with Gasteiger partial charge in [-0.2, -0.15) is 0 Å². The Morgan fingerprint density at radius 3 is 2.33 bits per heavy atom. The second-order valence-electron chi connectivity index (χ2n) is 4.99. The number of benzene rings is 1. The molecule has 1 unspecified atom stereocenters. The van der Waals surface area contributed by atoms with Crippen LogP contribution in [-0.2, 0) is 16.1 Å². The summed E-state index contributed by atoms with van der Waals surface area (Å²) in [6.07, 6.45) is 0.963. The summed E-state index contributed by atoms with van der Waals surface area (Å²) in [6.45, 7) is 4.15. The van der Waals surface area contributed by atoms with Crippen LogP contribution in [0.4, 0.5) is 4.79 Å². The molecule has 0 saturated heterocycles. The second-order valence-corrected chi connectivity index (χ2v) is 4.99. The number of alkyl carbamates (subject to hydrolysis) is 1. The molecule has 1 atom stereocenters. The minimum atomic E-state index is -0.921. The zero-order valence-electron chi connectivity index (χ0n) is 12.5. The number of hydrogen-bond acceptors (Lipinski definition) is 3. The molecular weight excluding hydrogens is 270 g/mol. The van der Waals surface area contributed by atoms with E-state index in [2.05, 4.69) is 5.32 Å². The summed E-state index contributed by atoms with van der Waals surface area (Å²) in [7, 11) is 0. The average Bonchev–Trinajstić information content (AvgIpc) is 2.47. The van der Waals surface area contributed by atoms with Crippen LogP contribution in [-0.4, -0.2) is 23.2 Å². The van der Waals surface area contributed by atoms with Crippen molar-refractivity contribution in [2.24, 2.45) is 5.92 Å². The highest BCUT2D eigenvalue weighted by molar-refractivity contribution is 5.71. The van der Waals surface area contributed by atoms with Gasteiger partial charge in [0.25, 0.3) is 0 Å². The monoisotopic (exact) mass is 293 g/mol. The average molecular weight is 293 g/mol. The molecule has 1 amide bonds. The fraction of sp³-hybridized carbons (Fsp3) is 0.500. The van der Waals surface area contributed by atoms with Crippen LogP contribution in [0, 0.1) is 5.92 Å². The largest absolute Gasteiger partial charge is 0.481 e. The van der Waals surface area contributed by atoms with Gasteiger partial charge in [0.05, 0.1) is 6.42 Å². The van der Waals surface area contributed by atoms with Crippen molar-refractivity contribution in [3.8, 4) is 0 Å². The lowest BCUT2D eigenvalue weighted by Crippen LogP contribution is -2.41. The molecule has 0 aliphatic heterocycles. The molecule has 5 heteroatoms. The number of nitrogens with one attached hydrogen (secondary N) is 1. The minimum Gasteiger partial charge on any atom is -0.481 e. The summed E-state index contributed by atoms with van der Waals surface area (Å²) in [5.41, 5.74) is 0.893. The van der Waals surface area contributed by atoms with Gasteiger partial charge < -0.3 is 15.2 Å². The first-order chi connectivity index (χ1) is 10.1. The summed E-state index contributed by atoms with van der Waals surface area (Å²) in [6, 6.07) is 8.95. The lowest BCUT2D eigenvalue weighted by Gasteiger charge is -2.24. The van der Waals surface area contributed by atoms with Crippen LogP contribution in [0.3, 0.4) is 0 Å². The number of amides is 1. The molecule has 0 spiro atoms. The molecule has 5 nitrogen and oxygen atoms in total. The molecule has 1 rings (SSSR count). The number of hydrogen-bond donors (Lipinski definition) is 2. The van der Waals surface area contributed by atoms with E-state index in [1.165, 1.54) is 0 Å². The van der Waals surface area contributed by atoms with Gasteiger partial charge in [-0.05, 0) is 11.5 Å². The number of aliphatic carboxylic acids is 1. The topological polar surface area (TPSA) is 75.6 Å².